The number of nitrogens with one attached hydrogen (secondary N) is 5. The van der Waals surface area contributed by atoms with E-state index in [9.17, 15) is 47.9 Å². The first kappa shape index (κ1) is 73.7. The van der Waals surface area contributed by atoms with Crippen molar-refractivity contribution in [1.29, 1.82) is 0 Å². The van der Waals surface area contributed by atoms with Gasteiger partial charge in [-0.1, -0.05) is 36.4 Å². The Morgan fingerprint density at radius 2 is 0.635 bits per heavy atom. The molecule has 0 saturated heterocycles. The van der Waals surface area contributed by atoms with Crippen molar-refractivity contribution in [3.05, 3.63) is 223 Å². The smallest absolute Gasteiger partial charge is 0.368 e. The van der Waals surface area contributed by atoms with E-state index < -0.39 is 73.4 Å². The molecule has 7 aromatic heterocycles. The standard InChI is InChI=1S/C53H62N14O10.C15H11N3.Pt/c54-44(68)34-63-48(72)38-66(51(75)32-41-10-18-57-19-11-41)28-24-61-46(70)36-64(49(73)30-39-6-14-55-15-7-39)26-22-59-45(69)35-65(50(74)31-40-8-16-56-17-9-40)27-23-60-47(71)37-67(52(76)33-42-12-20-58-21-13-42)29-25-62-53(77)43-4-2-1-3-5-43;1-3-10-16-12(6-1)14-8-5-9-15(18-14)13-7-2-4-11-17-13;/h1-21H,22-38H2,(H2,54,68)(H,59,69)(H,60,71)(H,61,70)(H,62,77)(H,63,72);1-11H;/q;;+2. The Balaban J connectivity index is 0.000000652. The maximum atomic E-state index is 13.7. The monoisotopic (exact) mass is 1480 g/mol. The number of nitrogens with zero attached hydrogens (tertiary/aromatic N) is 11. The number of nitrogens with two attached hydrogens (primary N) is 1. The van der Waals surface area contributed by atoms with Crippen LogP contribution in [0.2, 0.25) is 0 Å². The summed E-state index contributed by atoms with van der Waals surface area (Å²) in [6.07, 6.45) is 15.4. The van der Waals surface area contributed by atoms with Gasteiger partial charge in [0.15, 0.2) is 0 Å². The average molecular weight is 1480 g/mol. The summed E-state index contributed by atoms with van der Waals surface area (Å²) in [4.78, 5) is 165. The first-order chi connectivity index (χ1) is 46.1. The molecule has 0 aliphatic rings. The van der Waals surface area contributed by atoms with Gasteiger partial charge in [0.05, 0.1) is 81.2 Å². The van der Waals surface area contributed by atoms with Gasteiger partial charge in [-0.15, -0.1) is 0 Å². The maximum Gasteiger partial charge on any atom is 2.00 e. The van der Waals surface area contributed by atoms with Crippen LogP contribution in [0.15, 0.2) is 195 Å². The van der Waals surface area contributed by atoms with Gasteiger partial charge in [0.2, 0.25) is 53.2 Å². The van der Waals surface area contributed by atoms with Crippen molar-refractivity contribution in [2.45, 2.75) is 25.7 Å². The molecule has 0 saturated carbocycles. The molecule has 0 fully saturated rings. The van der Waals surface area contributed by atoms with Gasteiger partial charge in [-0.3, -0.25) is 77.8 Å². The van der Waals surface area contributed by atoms with Gasteiger partial charge in [-0.05, 0) is 119 Å². The van der Waals surface area contributed by atoms with Gasteiger partial charge in [-0.25, -0.2) is 4.98 Å². The van der Waals surface area contributed by atoms with Gasteiger partial charge < -0.3 is 51.9 Å². The van der Waals surface area contributed by atoms with E-state index in [2.05, 4.69) is 61.5 Å². The van der Waals surface area contributed by atoms with Crippen molar-refractivity contribution in [3.63, 3.8) is 0 Å². The molecule has 0 aliphatic carbocycles. The molecule has 498 valence electrons. The van der Waals surface area contributed by atoms with Gasteiger partial charge in [0.1, 0.15) is 0 Å². The largest absolute Gasteiger partial charge is 2.00 e. The average Bonchev–Trinajstić information content (AvgIpc) is 0.965. The van der Waals surface area contributed by atoms with Gasteiger partial charge >= 0.3 is 21.1 Å². The fourth-order valence-electron chi connectivity index (χ4n) is 9.15. The van der Waals surface area contributed by atoms with Crippen LogP contribution in [0.5, 0.6) is 0 Å². The molecule has 10 amide bonds. The summed E-state index contributed by atoms with van der Waals surface area (Å²) in [6, 6.07) is 39.2. The first-order valence-electron chi connectivity index (χ1n) is 30.3. The van der Waals surface area contributed by atoms with E-state index in [0.29, 0.717) is 27.8 Å². The Morgan fingerprint density at radius 3 is 0.948 bits per heavy atom. The van der Waals surface area contributed by atoms with Crippen LogP contribution in [-0.4, -0.2) is 199 Å². The molecule has 8 aromatic rings. The molecular weight excluding hydrogens is 1410 g/mol. The van der Waals surface area contributed by atoms with Crippen LogP contribution in [0.4, 0.5) is 0 Å². The van der Waals surface area contributed by atoms with Crippen molar-refractivity contribution in [2.75, 3.05) is 85.1 Å². The second kappa shape index (κ2) is 40.6. The van der Waals surface area contributed by atoms with Crippen LogP contribution < -0.4 is 32.3 Å². The Labute approximate surface area is 568 Å². The van der Waals surface area contributed by atoms with E-state index in [4.69, 9.17) is 5.73 Å². The van der Waals surface area contributed by atoms with Crippen LogP contribution in [0.3, 0.4) is 0 Å². The minimum absolute atomic E-state index is 0. The second-order valence-corrected chi connectivity index (χ2v) is 21.1. The summed E-state index contributed by atoms with van der Waals surface area (Å²) in [7, 11) is 0. The SMILES string of the molecule is NC(=O)CNC(=O)CN(CCNC(=O)CN(CCNC(=O)CN(CCNC(=O)CN(CCNC(=O)c1ccccc1)C(=O)Cc1ccncc1)C(=O)Cc1ccncc1)C(=O)Cc1ccncc1)C(=O)Cc1ccncc1.[Pt+2].c1ccc(-c2cccc(-c3ccccn3)n2)nc1. The number of benzene rings is 1. The molecule has 96 heavy (non-hydrogen) atoms. The van der Waals surface area contributed by atoms with Crippen molar-refractivity contribution in [2.24, 2.45) is 5.73 Å². The van der Waals surface area contributed by atoms with E-state index in [-0.39, 0.29) is 117 Å². The van der Waals surface area contributed by atoms with Crippen LogP contribution in [0, 0.1) is 0 Å². The van der Waals surface area contributed by atoms with Gasteiger partial charge in [0, 0.05) is 120 Å². The number of hydrogen-bond acceptors (Lipinski definition) is 17. The molecule has 28 heteroatoms. The van der Waals surface area contributed by atoms with E-state index in [1.807, 2.05) is 54.6 Å². The third kappa shape index (κ3) is 26.7. The molecule has 27 nitrogen and oxygen atoms in total. The predicted octanol–water partition coefficient (Wildman–Crippen LogP) is 1.43. The van der Waals surface area contributed by atoms with Crippen molar-refractivity contribution < 1.29 is 69.0 Å². The normalized spacial score (nSPS) is 10.3. The van der Waals surface area contributed by atoms with Crippen LogP contribution in [0.25, 0.3) is 22.8 Å². The zero-order chi connectivity index (χ0) is 67.4. The van der Waals surface area contributed by atoms with Crippen molar-refractivity contribution >= 4 is 59.1 Å². The number of rotatable bonds is 33. The van der Waals surface area contributed by atoms with Crippen LogP contribution in [-0.2, 0) is 89.9 Å². The fourth-order valence-corrected chi connectivity index (χ4v) is 9.15. The Bertz CT molecular complexity index is 3730. The second-order valence-electron chi connectivity index (χ2n) is 21.1. The third-order valence-corrected chi connectivity index (χ3v) is 14.0. The van der Waals surface area contributed by atoms with E-state index in [1.165, 1.54) is 56.8 Å². The fraction of sp³-hybridized carbons (Fsp3) is 0.250. The third-order valence-electron chi connectivity index (χ3n) is 14.0. The minimum Gasteiger partial charge on any atom is -0.368 e. The van der Waals surface area contributed by atoms with E-state index in [0.717, 1.165) is 22.8 Å². The number of carbonyl (C=O) groups is 10. The Morgan fingerprint density at radius 1 is 0.333 bits per heavy atom. The summed E-state index contributed by atoms with van der Waals surface area (Å²) in [5.74, 6) is -5.25. The van der Waals surface area contributed by atoms with Gasteiger partial charge in [0.25, 0.3) is 5.91 Å². The molecule has 1 aromatic carbocycles. The molecule has 7 N–H and O–H groups in total. The summed E-state index contributed by atoms with van der Waals surface area (Å²) in [5.41, 5.74) is 11.6. The number of carbonyl (C=O) groups excluding carboxylic acids is 10. The molecule has 0 radical (unpaired) electrons. The first-order valence-corrected chi connectivity index (χ1v) is 30.3. The number of primary amides is 1. The summed E-state index contributed by atoms with van der Waals surface area (Å²) in [6.45, 7) is -2.76. The Hall–Kier alpha value is -11.3. The molecule has 0 unspecified atom stereocenters. The number of pyridine rings is 7. The van der Waals surface area contributed by atoms with Crippen LogP contribution >= 0.6 is 0 Å². The number of amides is 10. The summed E-state index contributed by atoms with van der Waals surface area (Å²) in [5, 5.41) is 13.2. The maximum absolute atomic E-state index is 13.7. The molecule has 7 heterocycles. The van der Waals surface area contributed by atoms with Gasteiger partial charge in [-0.2, -0.15) is 0 Å². The zero-order valence-corrected chi connectivity index (χ0v) is 54.7. The van der Waals surface area contributed by atoms with Crippen molar-refractivity contribution in [3.8, 4) is 22.8 Å². The van der Waals surface area contributed by atoms with E-state index in [1.54, 1.807) is 104 Å². The number of hydrogen-bond donors (Lipinski definition) is 6. The quantitative estimate of drug-likeness (QED) is 0.0339. The molecule has 0 aliphatic heterocycles. The number of aromatic nitrogens is 7. The predicted molar refractivity (Wildman–Crippen MR) is 349 cm³/mol. The zero-order valence-electron chi connectivity index (χ0n) is 52.4. The van der Waals surface area contributed by atoms with Crippen LogP contribution in [0.1, 0.15) is 32.6 Å². The Kier molecular flexibility index (Phi) is 31.2. The molecule has 0 spiro atoms. The molecule has 8 rings (SSSR count). The minimum atomic E-state index is -0.773. The topological polar surface area (TPSA) is 360 Å². The molecular formula is C68H73N17O10Pt+2. The molecule has 0 atom stereocenters. The van der Waals surface area contributed by atoms with E-state index >= 15 is 0 Å². The van der Waals surface area contributed by atoms with Crippen molar-refractivity contribution in [1.82, 2.24) is 81.1 Å². The summed E-state index contributed by atoms with van der Waals surface area (Å²) >= 11 is 0. The molecule has 0 bridgehead atoms. The summed E-state index contributed by atoms with van der Waals surface area (Å²) < 4.78 is 0.